The highest BCUT2D eigenvalue weighted by molar-refractivity contribution is 5.46. The number of rotatable bonds is 1. The number of nitrogens with zero attached hydrogens (tertiary/aromatic N) is 4. The molecule has 0 atom stereocenters. The van der Waals surface area contributed by atoms with Crippen LogP contribution < -0.4 is 4.90 Å². The van der Waals surface area contributed by atoms with E-state index in [0.29, 0.717) is 12.2 Å². The van der Waals surface area contributed by atoms with Crippen LogP contribution in [0.15, 0.2) is 24.7 Å². The molecule has 4 nitrogen and oxygen atoms in total. The lowest BCUT2D eigenvalue weighted by atomic mass is 10.3. The molecule has 2 aromatic heterocycles. The van der Waals surface area contributed by atoms with Crippen molar-refractivity contribution in [2.45, 2.75) is 20.0 Å². The molecule has 0 amide bonds. The molecule has 3 rings (SSSR count). The number of fused-ring (bicyclic) bond motifs is 1. The highest BCUT2D eigenvalue weighted by Gasteiger charge is 2.19. The summed E-state index contributed by atoms with van der Waals surface area (Å²) in [6, 6.07) is 1.71. The van der Waals surface area contributed by atoms with Gasteiger partial charge in [0.1, 0.15) is 5.82 Å². The molecule has 1 aliphatic heterocycles. The van der Waals surface area contributed by atoms with E-state index in [1.54, 1.807) is 12.3 Å². The van der Waals surface area contributed by atoms with Gasteiger partial charge in [-0.1, -0.05) is 0 Å². The summed E-state index contributed by atoms with van der Waals surface area (Å²) in [6.07, 6.45) is 4.90. The molecule has 0 aromatic carbocycles. The van der Waals surface area contributed by atoms with Crippen molar-refractivity contribution < 1.29 is 4.39 Å². The third kappa shape index (κ3) is 1.77. The van der Waals surface area contributed by atoms with Crippen LogP contribution in [0.5, 0.6) is 0 Å². The van der Waals surface area contributed by atoms with Crippen molar-refractivity contribution in [3.05, 3.63) is 42.0 Å². The van der Waals surface area contributed by atoms with E-state index in [4.69, 9.17) is 0 Å². The smallest absolute Gasteiger partial charge is 0.164 e. The number of aromatic nitrogens is 3. The maximum atomic E-state index is 13.6. The standard InChI is InChI=1S/C12H13FN4/c1-9-7-17-5-4-16(8-12(17)15-9)11-2-3-14-6-10(11)13/h2-3,6-7H,4-5,8H2,1H3. The SMILES string of the molecule is Cc1cn2c(n1)CN(c1ccncc1F)CC2. The van der Waals surface area contributed by atoms with Gasteiger partial charge in [0.15, 0.2) is 5.82 Å². The highest BCUT2D eigenvalue weighted by atomic mass is 19.1. The Morgan fingerprint density at radius 1 is 1.35 bits per heavy atom. The van der Waals surface area contributed by atoms with E-state index in [0.717, 1.165) is 24.6 Å². The molecular formula is C12H13FN4. The first kappa shape index (κ1) is 10.3. The molecule has 3 heterocycles. The van der Waals surface area contributed by atoms with Crippen molar-refractivity contribution in [1.82, 2.24) is 14.5 Å². The van der Waals surface area contributed by atoms with E-state index in [2.05, 4.69) is 14.5 Å². The minimum absolute atomic E-state index is 0.274. The van der Waals surface area contributed by atoms with E-state index in [1.165, 1.54) is 6.20 Å². The van der Waals surface area contributed by atoms with Crippen molar-refractivity contribution in [1.29, 1.82) is 0 Å². The molecule has 0 radical (unpaired) electrons. The van der Waals surface area contributed by atoms with Gasteiger partial charge in [0.25, 0.3) is 0 Å². The van der Waals surface area contributed by atoms with Gasteiger partial charge in [-0.15, -0.1) is 0 Å². The second kappa shape index (κ2) is 3.84. The molecule has 17 heavy (non-hydrogen) atoms. The molecule has 0 N–H and O–H groups in total. The molecule has 0 spiro atoms. The van der Waals surface area contributed by atoms with E-state index in [-0.39, 0.29) is 5.82 Å². The van der Waals surface area contributed by atoms with E-state index in [1.807, 2.05) is 18.0 Å². The largest absolute Gasteiger partial charge is 0.360 e. The predicted octanol–water partition coefficient (Wildman–Crippen LogP) is 1.75. The van der Waals surface area contributed by atoms with Crippen molar-refractivity contribution in [3.8, 4) is 0 Å². The van der Waals surface area contributed by atoms with Crippen LogP contribution in [0.2, 0.25) is 0 Å². The van der Waals surface area contributed by atoms with E-state index in [9.17, 15) is 4.39 Å². The minimum Gasteiger partial charge on any atom is -0.360 e. The highest BCUT2D eigenvalue weighted by Crippen LogP contribution is 2.22. The van der Waals surface area contributed by atoms with Crippen molar-refractivity contribution in [3.63, 3.8) is 0 Å². The number of halogens is 1. The zero-order chi connectivity index (χ0) is 11.8. The molecule has 0 saturated carbocycles. The number of hydrogen-bond donors (Lipinski definition) is 0. The fourth-order valence-electron chi connectivity index (χ4n) is 2.22. The average molecular weight is 232 g/mol. The summed E-state index contributed by atoms with van der Waals surface area (Å²) < 4.78 is 15.8. The molecule has 0 bridgehead atoms. The molecule has 88 valence electrons. The molecule has 0 saturated heterocycles. The summed E-state index contributed by atoms with van der Waals surface area (Å²) in [5.74, 6) is 0.717. The lowest BCUT2D eigenvalue weighted by Gasteiger charge is -2.29. The van der Waals surface area contributed by atoms with Crippen molar-refractivity contribution in [2.24, 2.45) is 0 Å². The topological polar surface area (TPSA) is 34.0 Å². The summed E-state index contributed by atoms with van der Waals surface area (Å²) in [5, 5.41) is 0. The first-order valence-corrected chi connectivity index (χ1v) is 5.61. The summed E-state index contributed by atoms with van der Waals surface area (Å²) in [4.78, 5) is 10.2. The summed E-state index contributed by atoms with van der Waals surface area (Å²) >= 11 is 0. The normalized spacial score (nSPS) is 14.8. The van der Waals surface area contributed by atoms with Crippen LogP contribution in [0.25, 0.3) is 0 Å². The van der Waals surface area contributed by atoms with Crippen LogP contribution in [0, 0.1) is 12.7 Å². The first-order valence-electron chi connectivity index (χ1n) is 5.61. The Bertz CT molecular complexity index is 549. The summed E-state index contributed by atoms with van der Waals surface area (Å²) in [7, 11) is 0. The molecule has 2 aromatic rings. The quantitative estimate of drug-likeness (QED) is 0.751. The molecular weight excluding hydrogens is 219 g/mol. The number of hydrogen-bond acceptors (Lipinski definition) is 3. The Kier molecular flexibility index (Phi) is 2.31. The van der Waals surface area contributed by atoms with Gasteiger partial charge in [0, 0.05) is 25.5 Å². The summed E-state index contributed by atoms with van der Waals surface area (Å²) in [5.41, 5.74) is 1.61. The Hall–Kier alpha value is -1.91. The molecule has 0 fully saturated rings. The van der Waals surface area contributed by atoms with Crippen molar-refractivity contribution in [2.75, 3.05) is 11.4 Å². The zero-order valence-corrected chi connectivity index (χ0v) is 9.60. The number of pyridine rings is 1. The first-order chi connectivity index (χ1) is 8.24. The van der Waals surface area contributed by atoms with Crippen LogP contribution in [-0.2, 0) is 13.1 Å². The maximum absolute atomic E-state index is 13.6. The van der Waals surface area contributed by atoms with Gasteiger partial charge in [-0.3, -0.25) is 4.98 Å². The number of imidazole rings is 1. The van der Waals surface area contributed by atoms with Gasteiger partial charge in [-0.05, 0) is 13.0 Å². The van der Waals surface area contributed by atoms with Crippen LogP contribution in [0.3, 0.4) is 0 Å². The predicted molar refractivity (Wildman–Crippen MR) is 62.2 cm³/mol. The third-order valence-corrected chi connectivity index (χ3v) is 3.01. The van der Waals surface area contributed by atoms with E-state index < -0.39 is 0 Å². The molecule has 0 unspecified atom stereocenters. The van der Waals surface area contributed by atoms with Gasteiger partial charge >= 0.3 is 0 Å². The number of anilines is 1. The van der Waals surface area contributed by atoms with Gasteiger partial charge in [0.05, 0.1) is 24.1 Å². The van der Waals surface area contributed by atoms with Gasteiger partial charge in [-0.25, -0.2) is 9.37 Å². The molecule has 0 aliphatic carbocycles. The van der Waals surface area contributed by atoms with Crippen LogP contribution in [-0.4, -0.2) is 21.1 Å². The summed E-state index contributed by atoms with van der Waals surface area (Å²) in [6.45, 7) is 4.26. The Morgan fingerprint density at radius 2 is 2.24 bits per heavy atom. The van der Waals surface area contributed by atoms with Gasteiger partial charge < -0.3 is 9.47 Å². The van der Waals surface area contributed by atoms with E-state index >= 15 is 0 Å². The fourth-order valence-corrected chi connectivity index (χ4v) is 2.22. The van der Waals surface area contributed by atoms with Gasteiger partial charge in [-0.2, -0.15) is 0 Å². The fraction of sp³-hybridized carbons (Fsp3) is 0.333. The Morgan fingerprint density at radius 3 is 3.06 bits per heavy atom. The van der Waals surface area contributed by atoms with Crippen molar-refractivity contribution >= 4 is 5.69 Å². The Balaban J connectivity index is 1.91. The second-order valence-corrected chi connectivity index (χ2v) is 4.24. The molecule has 1 aliphatic rings. The Labute approximate surface area is 98.7 Å². The zero-order valence-electron chi connectivity index (χ0n) is 9.60. The lowest BCUT2D eigenvalue weighted by molar-refractivity contribution is 0.542. The number of aryl methyl sites for hydroxylation is 1. The second-order valence-electron chi connectivity index (χ2n) is 4.24. The van der Waals surface area contributed by atoms with Gasteiger partial charge in [0.2, 0.25) is 0 Å². The van der Waals surface area contributed by atoms with Crippen LogP contribution in [0.1, 0.15) is 11.5 Å². The lowest BCUT2D eigenvalue weighted by Crippen LogP contribution is -2.34. The minimum atomic E-state index is -0.274. The van der Waals surface area contributed by atoms with Crippen LogP contribution >= 0.6 is 0 Å². The maximum Gasteiger partial charge on any atom is 0.164 e. The average Bonchev–Trinajstić information content (AvgIpc) is 2.68. The van der Waals surface area contributed by atoms with Crippen LogP contribution in [0.4, 0.5) is 10.1 Å². The monoisotopic (exact) mass is 232 g/mol. The molecule has 5 heteroatoms. The third-order valence-electron chi connectivity index (χ3n) is 3.01.